The van der Waals surface area contributed by atoms with E-state index in [2.05, 4.69) is 0 Å². The van der Waals surface area contributed by atoms with E-state index < -0.39 is 0 Å². The molecule has 2 heterocycles. The molecule has 0 amide bonds. The second-order valence-electron chi connectivity index (χ2n) is 5.82. The van der Waals surface area contributed by atoms with Crippen molar-refractivity contribution in [2.75, 3.05) is 26.4 Å². The maximum atomic E-state index is 11.1. The van der Waals surface area contributed by atoms with Gasteiger partial charge in [-0.3, -0.25) is 0 Å². The molecule has 0 aromatic heterocycles. The van der Waals surface area contributed by atoms with Crippen molar-refractivity contribution in [1.82, 2.24) is 0 Å². The van der Waals surface area contributed by atoms with Gasteiger partial charge in [-0.1, -0.05) is 0 Å². The van der Waals surface area contributed by atoms with E-state index in [1.807, 2.05) is 0 Å². The number of carbonyl (C=O) groups excluding carboxylic acids is 2. The van der Waals surface area contributed by atoms with Crippen LogP contribution < -0.4 is 11.5 Å². The Morgan fingerprint density at radius 2 is 1.21 bits per heavy atom. The van der Waals surface area contributed by atoms with E-state index in [0.29, 0.717) is 39.3 Å². The maximum Gasteiger partial charge on any atom is 0.335 e. The third kappa shape index (κ3) is 7.57. The van der Waals surface area contributed by atoms with E-state index in [4.69, 9.17) is 30.4 Å². The first-order valence-corrected chi connectivity index (χ1v) is 8.55. The monoisotopic (exact) mass is 346 g/mol. The van der Waals surface area contributed by atoms with Gasteiger partial charge in [0.2, 0.25) is 0 Å². The lowest BCUT2D eigenvalue weighted by atomic mass is 10.1. The van der Waals surface area contributed by atoms with Crippen LogP contribution >= 0.6 is 0 Å². The second-order valence-corrected chi connectivity index (χ2v) is 5.82. The largest absolute Gasteiger partial charge is 0.464 e. The fraction of sp³-hybridized carbons (Fsp3) is 0.875. The molecule has 2 fully saturated rings. The van der Waals surface area contributed by atoms with Gasteiger partial charge in [-0.15, -0.1) is 0 Å². The lowest BCUT2D eigenvalue weighted by Gasteiger charge is -2.24. The molecule has 0 aliphatic carbocycles. The third-order valence-corrected chi connectivity index (χ3v) is 3.72. The third-order valence-electron chi connectivity index (χ3n) is 3.72. The topological polar surface area (TPSA) is 123 Å². The van der Waals surface area contributed by atoms with E-state index in [-0.39, 0.29) is 36.2 Å². The van der Waals surface area contributed by atoms with Crippen molar-refractivity contribution in [1.29, 1.82) is 0 Å². The number of esters is 2. The van der Waals surface area contributed by atoms with Crippen LogP contribution in [0.2, 0.25) is 0 Å². The highest BCUT2D eigenvalue weighted by molar-refractivity contribution is 5.75. The van der Waals surface area contributed by atoms with E-state index in [0.717, 1.165) is 12.8 Å². The standard InChI is InChI=1S/2C8H15NO3/c2*1-2-11-8(10)7-4-3-6(9)5-12-7/h2*6-7H,2-5,9H2,1H3/t2*6-,7+/m10/s1. The van der Waals surface area contributed by atoms with Crippen molar-refractivity contribution in [2.24, 2.45) is 11.5 Å². The Morgan fingerprint density at radius 3 is 1.46 bits per heavy atom. The molecule has 2 aliphatic rings. The molecule has 0 radical (unpaired) electrons. The fourth-order valence-corrected chi connectivity index (χ4v) is 2.39. The van der Waals surface area contributed by atoms with Gasteiger partial charge in [-0.2, -0.15) is 0 Å². The van der Waals surface area contributed by atoms with Crippen molar-refractivity contribution in [3.63, 3.8) is 0 Å². The second kappa shape index (κ2) is 11.4. The molecule has 0 aromatic rings. The fourth-order valence-electron chi connectivity index (χ4n) is 2.39. The van der Waals surface area contributed by atoms with Crippen LogP contribution in [0.25, 0.3) is 0 Å². The molecule has 0 spiro atoms. The zero-order chi connectivity index (χ0) is 17.9. The zero-order valence-electron chi connectivity index (χ0n) is 14.6. The van der Waals surface area contributed by atoms with Gasteiger partial charge in [-0.05, 0) is 39.5 Å². The smallest absolute Gasteiger partial charge is 0.335 e. The Balaban J connectivity index is 0.000000240. The molecule has 0 bridgehead atoms. The maximum absolute atomic E-state index is 11.1. The van der Waals surface area contributed by atoms with Crippen LogP contribution in [0.4, 0.5) is 0 Å². The number of ether oxygens (including phenoxy) is 4. The molecular weight excluding hydrogens is 316 g/mol. The summed E-state index contributed by atoms with van der Waals surface area (Å²) in [5.74, 6) is -0.520. The van der Waals surface area contributed by atoms with E-state index >= 15 is 0 Å². The Bertz CT molecular complexity index is 341. The highest BCUT2D eigenvalue weighted by Crippen LogP contribution is 2.14. The molecule has 140 valence electrons. The van der Waals surface area contributed by atoms with Gasteiger partial charge < -0.3 is 30.4 Å². The van der Waals surface area contributed by atoms with Crippen molar-refractivity contribution in [2.45, 2.75) is 63.8 Å². The van der Waals surface area contributed by atoms with Gasteiger partial charge in [0.25, 0.3) is 0 Å². The Hall–Kier alpha value is -1.22. The van der Waals surface area contributed by atoms with Crippen molar-refractivity contribution in [3.8, 4) is 0 Å². The minimum Gasteiger partial charge on any atom is -0.464 e. The summed E-state index contributed by atoms with van der Waals surface area (Å²) >= 11 is 0. The SMILES string of the molecule is CCOC(=O)[C@@H]1CC[C@@H](N)CO1.CCOC(=O)[C@H]1CC[C@H](N)CO1. The van der Waals surface area contributed by atoms with Crippen LogP contribution in [-0.4, -0.2) is 62.7 Å². The molecule has 0 unspecified atom stereocenters. The first kappa shape index (κ1) is 20.8. The normalized spacial score (nSPS) is 29.8. The van der Waals surface area contributed by atoms with Crippen molar-refractivity contribution >= 4 is 11.9 Å². The molecule has 8 heteroatoms. The highest BCUT2D eigenvalue weighted by atomic mass is 16.6. The lowest BCUT2D eigenvalue weighted by Crippen LogP contribution is -2.39. The van der Waals surface area contributed by atoms with Crippen LogP contribution in [0, 0.1) is 0 Å². The number of nitrogens with two attached hydrogens (primary N) is 2. The summed E-state index contributed by atoms with van der Waals surface area (Å²) in [6.07, 6.45) is 2.27. The summed E-state index contributed by atoms with van der Waals surface area (Å²) < 4.78 is 20.0. The molecule has 8 nitrogen and oxygen atoms in total. The first-order valence-electron chi connectivity index (χ1n) is 8.55. The summed E-state index contributed by atoms with van der Waals surface area (Å²) in [6, 6.07) is 0.159. The van der Waals surface area contributed by atoms with Crippen LogP contribution in [0.5, 0.6) is 0 Å². The molecular formula is C16H30N2O6. The molecule has 2 aliphatic heterocycles. The van der Waals surface area contributed by atoms with Gasteiger partial charge in [-0.25, -0.2) is 9.59 Å². The summed E-state index contributed by atoms with van der Waals surface area (Å²) in [5, 5.41) is 0. The van der Waals surface area contributed by atoms with E-state index in [9.17, 15) is 9.59 Å². The molecule has 0 aromatic carbocycles. The Kier molecular flexibility index (Phi) is 9.85. The van der Waals surface area contributed by atoms with Gasteiger partial charge in [0, 0.05) is 12.1 Å². The van der Waals surface area contributed by atoms with Gasteiger partial charge in [0.15, 0.2) is 12.2 Å². The highest BCUT2D eigenvalue weighted by Gasteiger charge is 2.26. The van der Waals surface area contributed by atoms with Crippen molar-refractivity contribution in [3.05, 3.63) is 0 Å². The molecule has 4 atom stereocenters. The summed E-state index contributed by atoms with van der Waals surface area (Å²) in [5.41, 5.74) is 11.2. The zero-order valence-corrected chi connectivity index (χ0v) is 14.6. The summed E-state index contributed by atoms with van der Waals surface area (Å²) in [7, 11) is 0. The first-order chi connectivity index (χ1) is 11.5. The molecule has 0 saturated carbocycles. The van der Waals surface area contributed by atoms with Crippen LogP contribution in [0.3, 0.4) is 0 Å². The van der Waals surface area contributed by atoms with E-state index in [1.54, 1.807) is 13.8 Å². The van der Waals surface area contributed by atoms with Crippen LogP contribution in [0.15, 0.2) is 0 Å². The Morgan fingerprint density at radius 1 is 0.833 bits per heavy atom. The predicted molar refractivity (Wildman–Crippen MR) is 87.2 cm³/mol. The number of rotatable bonds is 4. The molecule has 2 rings (SSSR count). The lowest BCUT2D eigenvalue weighted by molar-refractivity contribution is -0.160. The van der Waals surface area contributed by atoms with Crippen LogP contribution in [0.1, 0.15) is 39.5 Å². The summed E-state index contributed by atoms with van der Waals surface area (Å²) in [4.78, 5) is 22.2. The minimum atomic E-state index is -0.384. The van der Waals surface area contributed by atoms with Gasteiger partial charge >= 0.3 is 11.9 Å². The van der Waals surface area contributed by atoms with Crippen LogP contribution in [-0.2, 0) is 28.5 Å². The van der Waals surface area contributed by atoms with Crippen molar-refractivity contribution < 1.29 is 28.5 Å². The molecule has 2 saturated heterocycles. The number of hydrogen-bond acceptors (Lipinski definition) is 8. The average Bonchev–Trinajstić information content (AvgIpc) is 2.57. The van der Waals surface area contributed by atoms with Gasteiger partial charge in [0.05, 0.1) is 26.4 Å². The molecule has 4 N–H and O–H groups in total. The quantitative estimate of drug-likeness (QED) is 0.688. The Labute approximate surface area is 143 Å². The average molecular weight is 346 g/mol. The predicted octanol–water partition coefficient (Wildman–Crippen LogP) is 0.112. The van der Waals surface area contributed by atoms with E-state index in [1.165, 1.54) is 0 Å². The number of carbonyl (C=O) groups is 2. The minimum absolute atomic E-state index is 0.0793. The summed E-state index contributed by atoms with van der Waals surface area (Å²) in [6.45, 7) is 5.31. The molecule has 24 heavy (non-hydrogen) atoms. The van der Waals surface area contributed by atoms with Gasteiger partial charge in [0.1, 0.15) is 0 Å². The number of hydrogen-bond donors (Lipinski definition) is 2.